The summed E-state index contributed by atoms with van der Waals surface area (Å²) >= 11 is 0. The fourth-order valence-corrected chi connectivity index (χ4v) is 2.87. The van der Waals surface area contributed by atoms with Crippen molar-refractivity contribution < 1.29 is 4.74 Å². The molecule has 106 valence electrons. The van der Waals surface area contributed by atoms with Crippen LogP contribution in [0.25, 0.3) is 0 Å². The van der Waals surface area contributed by atoms with E-state index in [0.717, 1.165) is 49.6 Å². The zero-order valence-electron chi connectivity index (χ0n) is 12.5. The van der Waals surface area contributed by atoms with Gasteiger partial charge in [-0.15, -0.1) is 0 Å². The Balaban J connectivity index is 2.06. The summed E-state index contributed by atoms with van der Waals surface area (Å²) in [6.07, 6.45) is 4.19. The van der Waals surface area contributed by atoms with E-state index in [4.69, 9.17) is 4.74 Å². The van der Waals surface area contributed by atoms with Gasteiger partial charge in [-0.1, -0.05) is 13.8 Å². The first-order valence-corrected chi connectivity index (χ1v) is 7.29. The molecule has 1 saturated heterocycles. The third-order valence-electron chi connectivity index (χ3n) is 4.10. The van der Waals surface area contributed by atoms with Gasteiger partial charge in [0.25, 0.3) is 0 Å². The minimum absolute atomic E-state index is 0.0365. The molecule has 1 aromatic heterocycles. The molecule has 19 heavy (non-hydrogen) atoms. The Kier molecular flexibility index (Phi) is 4.40. The first kappa shape index (κ1) is 14.3. The molecule has 4 nitrogen and oxygen atoms in total. The monoisotopic (exact) mass is 263 g/mol. The number of hydrogen-bond donors (Lipinski definition) is 1. The van der Waals surface area contributed by atoms with Crippen molar-refractivity contribution in [2.75, 3.05) is 11.9 Å². The number of nitrogens with zero attached hydrogens (tertiary/aromatic N) is 2. The van der Waals surface area contributed by atoms with Crippen LogP contribution >= 0.6 is 0 Å². The summed E-state index contributed by atoms with van der Waals surface area (Å²) in [5.41, 5.74) is 2.06. The van der Waals surface area contributed by atoms with Crippen LogP contribution in [0.1, 0.15) is 50.9 Å². The third kappa shape index (κ3) is 3.44. The third-order valence-corrected chi connectivity index (χ3v) is 4.10. The van der Waals surface area contributed by atoms with E-state index in [2.05, 4.69) is 29.1 Å². The fraction of sp³-hybridized carbons (Fsp3) is 0.733. The van der Waals surface area contributed by atoms with E-state index in [1.807, 2.05) is 19.9 Å². The van der Waals surface area contributed by atoms with Gasteiger partial charge in [0.1, 0.15) is 0 Å². The maximum atomic E-state index is 6.00. The topological polar surface area (TPSA) is 47.0 Å². The Morgan fingerprint density at radius 2 is 1.89 bits per heavy atom. The van der Waals surface area contributed by atoms with Crippen LogP contribution in [0.4, 0.5) is 5.95 Å². The van der Waals surface area contributed by atoms with Gasteiger partial charge < -0.3 is 10.1 Å². The van der Waals surface area contributed by atoms with Gasteiger partial charge in [0.15, 0.2) is 0 Å². The molecular weight excluding hydrogens is 238 g/mol. The minimum Gasteiger partial charge on any atom is -0.375 e. The average Bonchev–Trinajstić information content (AvgIpc) is 2.37. The standard InChI is InChI=1S/C15H25N3O/c1-5-15(6-2)10-13(7-8-19-15)18-14-16-11(3)9-12(4)17-14/h9,13H,5-8,10H2,1-4H3,(H,16,17,18). The zero-order valence-corrected chi connectivity index (χ0v) is 12.5. The van der Waals surface area contributed by atoms with Gasteiger partial charge in [0, 0.05) is 24.0 Å². The van der Waals surface area contributed by atoms with Crippen molar-refractivity contribution in [1.82, 2.24) is 9.97 Å². The second kappa shape index (κ2) is 5.87. The molecule has 1 unspecified atom stereocenters. The van der Waals surface area contributed by atoms with E-state index >= 15 is 0 Å². The molecule has 1 aliphatic rings. The van der Waals surface area contributed by atoms with Crippen LogP contribution in [0, 0.1) is 13.8 Å². The highest BCUT2D eigenvalue weighted by Gasteiger charge is 2.34. The molecule has 0 saturated carbocycles. The fourth-order valence-electron chi connectivity index (χ4n) is 2.87. The highest BCUT2D eigenvalue weighted by atomic mass is 16.5. The lowest BCUT2D eigenvalue weighted by atomic mass is 9.86. The van der Waals surface area contributed by atoms with Gasteiger partial charge in [0.2, 0.25) is 5.95 Å². The summed E-state index contributed by atoms with van der Waals surface area (Å²) in [5.74, 6) is 0.755. The van der Waals surface area contributed by atoms with E-state index in [0.29, 0.717) is 6.04 Å². The maximum Gasteiger partial charge on any atom is 0.223 e. The highest BCUT2D eigenvalue weighted by molar-refractivity contribution is 5.29. The van der Waals surface area contributed by atoms with E-state index in [-0.39, 0.29) is 5.60 Å². The SMILES string of the molecule is CCC1(CC)CC(Nc2nc(C)cc(C)n2)CCO1. The lowest BCUT2D eigenvalue weighted by Crippen LogP contribution is -2.43. The quantitative estimate of drug-likeness (QED) is 0.906. The normalized spacial score (nSPS) is 22.2. The molecule has 1 aromatic rings. The van der Waals surface area contributed by atoms with E-state index < -0.39 is 0 Å². The maximum absolute atomic E-state index is 6.00. The Hall–Kier alpha value is -1.16. The molecule has 0 bridgehead atoms. The van der Waals surface area contributed by atoms with Crippen molar-refractivity contribution >= 4 is 5.95 Å². The summed E-state index contributed by atoms with van der Waals surface area (Å²) in [4.78, 5) is 8.93. The molecule has 0 amide bonds. The van der Waals surface area contributed by atoms with E-state index in [1.165, 1.54) is 0 Å². The van der Waals surface area contributed by atoms with Crippen LogP contribution < -0.4 is 5.32 Å². The zero-order chi connectivity index (χ0) is 13.9. The number of aromatic nitrogens is 2. The summed E-state index contributed by atoms with van der Waals surface area (Å²) in [6, 6.07) is 2.41. The van der Waals surface area contributed by atoms with Crippen molar-refractivity contribution in [2.45, 2.75) is 65.0 Å². The molecule has 2 heterocycles. The van der Waals surface area contributed by atoms with E-state index in [9.17, 15) is 0 Å². The van der Waals surface area contributed by atoms with Gasteiger partial charge in [-0.2, -0.15) is 0 Å². The average molecular weight is 263 g/mol. The Bertz CT molecular complexity index is 409. The smallest absolute Gasteiger partial charge is 0.223 e. The van der Waals surface area contributed by atoms with Crippen LogP contribution in [0.2, 0.25) is 0 Å². The minimum atomic E-state index is 0.0365. The Labute approximate surface area is 116 Å². The molecule has 0 spiro atoms. The van der Waals surface area contributed by atoms with Gasteiger partial charge >= 0.3 is 0 Å². The van der Waals surface area contributed by atoms with Gasteiger partial charge in [-0.05, 0) is 45.6 Å². The van der Waals surface area contributed by atoms with Crippen LogP contribution in [0.15, 0.2) is 6.07 Å². The molecule has 0 radical (unpaired) electrons. The molecule has 1 aliphatic heterocycles. The molecule has 0 aromatic carbocycles. The molecular formula is C15H25N3O. The van der Waals surface area contributed by atoms with Crippen molar-refractivity contribution in [2.24, 2.45) is 0 Å². The van der Waals surface area contributed by atoms with Gasteiger partial charge in [-0.25, -0.2) is 9.97 Å². The Morgan fingerprint density at radius 1 is 1.26 bits per heavy atom. The summed E-state index contributed by atoms with van der Waals surface area (Å²) in [7, 11) is 0. The van der Waals surface area contributed by atoms with Crippen LogP contribution in [-0.4, -0.2) is 28.2 Å². The van der Waals surface area contributed by atoms with Gasteiger partial charge in [0.05, 0.1) is 5.60 Å². The number of aryl methyl sites for hydroxylation is 2. The van der Waals surface area contributed by atoms with Crippen molar-refractivity contribution in [3.05, 3.63) is 17.5 Å². The molecule has 0 aliphatic carbocycles. The summed E-state index contributed by atoms with van der Waals surface area (Å²) in [5, 5.41) is 3.48. The predicted octanol–water partition coefficient (Wildman–Crippen LogP) is 3.24. The lowest BCUT2D eigenvalue weighted by molar-refractivity contribution is -0.0865. The number of hydrogen-bond acceptors (Lipinski definition) is 4. The lowest BCUT2D eigenvalue weighted by Gasteiger charge is -2.40. The van der Waals surface area contributed by atoms with Crippen molar-refractivity contribution in [3.63, 3.8) is 0 Å². The van der Waals surface area contributed by atoms with Crippen molar-refractivity contribution in [1.29, 1.82) is 0 Å². The second-order valence-corrected chi connectivity index (χ2v) is 5.55. The first-order chi connectivity index (χ1) is 9.07. The molecule has 4 heteroatoms. The number of nitrogens with one attached hydrogen (secondary N) is 1. The largest absolute Gasteiger partial charge is 0.375 e. The highest BCUT2D eigenvalue weighted by Crippen LogP contribution is 2.32. The van der Waals surface area contributed by atoms with Crippen LogP contribution in [0.5, 0.6) is 0 Å². The predicted molar refractivity (Wildman–Crippen MR) is 77.4 cm³/mol. The molecule has 1 fully saturated rings. The molecule has 1 N–H and O–H groups in total. The van der Waals surface area contributed by atoms with Gasteiger partial charge in [-0.3, -0.25) is 0 Å². The number of ether oxygens (including phenoxy) is 1. The van der Waals surface area contributed by atoms with Crippen molar-refractivity contribution in [3.8, 4) is 0 Å². The summed E-state index contributed by atoms with van der Waals surface area (Å²) in [6.45, 7) is 9.25. The van der Waals surface area contributed by atoms with Crippen LogP contribution in [0.3, 0.4) is 0 Å². The number of rotatable bonds is 4. The molecule has 1 atom stereocenters. The Morgan fingerprint density at radius 3 is 2.47 bits per heavy atom. The first-order valence-electron chi connectivity index (χ1n) is 7.29. The molecule has 2 rings (SSSR count). The van der Waals surface area contributed by atoms with Crippen LogP contribution in [-0.2, 0) is 4.74 Å². The number of anilines is 1. The summed E-state index contributed by atoms with van der Waals surface area (Å²) < 4.78 is 6.00. The van der Waals surface area contributed by atoms with E-state index in [1.54, 1.807) is 0 Å². The second-order valence-electron chi connectivity index (χ2n) is 5.55.